The standard InChI is InChI=1S/C26H34N8O2S/c35-23(16-18-6-2-1-3-7-18)28-22-9-5-4-8-21(30-31-22)27-20-12-14-34(15-13-20)26-33-32-25(37-26)29-24(36)17-19-10-11-19/h1-3,6-7,19-20H,4-5,8-17H2,(H,27,30)(H,28,31,35)(H,29,32,36). The third kappa shape index (κ3) is 7.82. The van der Waals surface area contributed by atoms with Gasteiger partial charge in [-0.3, -0.25) is 20.0 Å². The molecule has 0 atom stereocenters. The topological polar surface area (TPSA) is 124 Å². The molecule has 2 aliphatic heterocycles. The minimum absolute atomic E-state index is 0.0352. The van der Waals surface area contributed by atoms with E-state index in [1.807, 2.05) is 30.3 Å². The van der Waals surface area contributed by atoms with E-state index in [-0.39, 0.29) is 17.9 Å². The molecule has 196 valence electrons. The molecule has 1 saturated carbocycles. The van der Waals surface area contributed by atoms with Gasteiger partial charge in [0.1, 0.15) is 11.7 Å². The van der Waals surface area contributed by atoms with Crippen LogP contribution in [0.5, 0.6) is 0 Å². The first-order chi connectivity index (χ1) is 18.1. The number of nitrogens with one attached hydrogen (secondary N) is 3. The van der Waals surface area contributed by atoms with E-state index in [9.17, 15) is 9.59 Å². The molecule has 2 fully saturated rings. The van der Waals surface area contributed by atoms with Gasteiger partial charge in [0.15, 0.2) is 0 Å². The fourth-order valence-electron chi connectivity index (χ4n) is 4.55. The molecule has 11 heteroatoms. The molecule has 0 radical (unpaired) electrons. The lowest BCUT2D eigenvalue weighted by Crippen LogP contribution is -2.37. The molecule has 2 aromatic rings. The van der Waals surface area contributed by atoms with Gasteiger partial charge in [-0.05, 0) is 50.0 Å². The monoisotopic (exact) mass is 522 g/mol. The van der Waals surface area contributed by atoms with Crippen LogP contribution in [0.2, 0.25) is 0 Å². The molecule has 1 aromatic carbocycles. The Morgan fingerprint density at radius 3 is 2.57 bits per heavy atom. The van der Waals surface area contributed by atoms with Crippen molar-refractivity contribution in [3.05, 3.63) is 35.9 Å². The zero-order chi connectivity index (χ0) is 25.5. The molecule has 3 aliphatic rings. The molecule has 3 heterocycles. The fourth-order valence-corrected chi connectivity index (χ4v) is 5.37. The van der Waals surface area contributed by atoms with Gasteiger partial charge in [0.2, 0.25) is 22.1 Å². The Bertz CT molecular complexity index is 1140. The van der Waals surface area contributed by atoms with Crippen LogP contribution >= 0.6 is 11.3 Å². The van der Waals surface area contributed by atoms with Gasteiger partial charge in [0, 0.05) is 32.4 Å². The van der Waals surface area contributed by atoms with Crippen LogP contribution in [0, 0.1) is 5.92 Å². The van der Waals surface area contributed by atoms with E-state index in [4.69, 9.17) is 4.99 Å². The zero-order valence-corrected chi connectivity index (χ0v) is 21.8. The average molecular weight is 523 g/mol. The van der Waals surface area contributed by atoms with Crippen LogP contribution in [0.3, 0.4) is 0 Å². The molecule has 5 rings (SSSR count). The SMILES string of the molecule is O=C(Cc1ccccc1)N/C1=N/NC(=NC2CCN(c3nnc(NC(=O)CC4CC4)s3)CC2)CCCC1. The fraction of sp³-hybridized carbons (Fsp3) is 0.538. The number of piperidine rings is 1. The Morgan fingerprint density at radius 1 is 1.00 bits per heavy atom. The molecular formula is C26H34N8O2S. The number of aromatic nitrogens is 2. The van der Waals surface area contributed by atoms with E-state index in [1.165, 1.54) is 11.3 Å². The molecule has 1 aliphatic carbocycles. The molecule has 37 heavy (non-hydrogen) atoms. The summed E-state index contributed by atoms with van der Waals surface area (Å²) in [6.45, 7) is 1.69. The van der Waals surface area contributed by atoms with Crippen LogP contribution in [0.4, 0.5) is 10.3 Å². The summed E-state index contributed by atoms with van der Waals surface area (Å²) in [5.74, 6) is 2.08. The van der Waals surface area contributed by atoms with Crippen molar-refractivity contribution in [3.63, 3.8) is 0 Å². The van der Waals surface area contributed by atoms with Crippen molar-refractivity contribution in [3.8, 4) is 0 Å². The van der Waals surface area contributed by atoms with Crippen molar-refractivity contribution < 1.29 is 9.59 Å². The maximum Gasteiger partial charge on any atom is 0.229 e. The lowest BCUT2D eigenvalue weighted by Gasteiger charge is -2.30. The van der Waals surface area contributed by atoms with Gasteiger partial charge >= 0.3 is 0 Å². The highest BCUT2D eigenvalue weighted by molar-refractivity contribution is 7.19. The maximum absolute atomic E-state index is 12.4. The molecule has 1 saturated heterocycles. The number of hydrazone groups is 1. The Balaban J connectivity index is 1.09. The van der Waals surface area contributed by atoms with Crippen molar-refractivity contribution in [2.24, 2.45) is 16.0 Å². The van der Waals surface area contributed by atoms with Crippen LogP contribution in [-0.4, -0.2) is 52.8 Å². The van der Waals surface area contributed by atoms with E-state index in [0.29, 0.717) is 29.7 Å². The van der Waals surface area contributed by atoms with Crippen molar-refractivity contribution in [2.45, 2.75) is 70.3 Å². The first-order valence-electron chi connectivity index (χ1n) is 13.2. The van der Waals surface area contributed by atoms with Crippen LogP contribution < -0.4 is 21.0 Å². The Labute approximate surface area is 221 Å². The summed E-state index contributed by atoms with van der Waals surface area (Å²) < 4.78 is 0. The third-order valence-electron chi connectivity index (χ3n) is 6.79. The summed E-state index contributed by atoms with van der Waals surface area (Å²) in [6.07, 6.45) is 8.61. The molecule has 3 N–H and O–H groups in total. The predicted octanol–water partition coefficient (Wildman–Crippen LogP) is 3.48. The number of carbonyl (C=O) groups is 2. The smallest absolute Gasteiger partial charge is 0.229 e. The van der Waals surface area contributed by atoms with Crippen LogP contribution in [0.1, 0.15) is 63.4 Å². The molecule has 0 spiro atoms. The summed E-state index contributed by atoms with van der Waals surface area (Å²) in [7, 11) is 0. The summed E-state index contributed by atoms with van der Waals surface area (Å²) in [5, 5.41) is 20.2. The summed E-state index contributed by atoms with van der Waals surface area (Å²) in [4.78, 5) is 31.6. The molecule has 2 amide bonds. The number of benzene rings is 1. The minimum Gasteiger partial charge on any atom is -0.346 e. The molecule has 0 bridgehead atoms. The van der Waals surface area contributed by atoms with Crippen molar-refractivity contribution in [1.29, 1.82) is 0 Å². The lowest BCUT2D eigenvalue weighted by atomic mass is 10.1. The number of carbonyl (C=O) groups excluding carboxylic acids is 2. The largest absolute Gasteiger partial charge is 0.346 e. The van der Waals surface area contributed by atoms with E-state index in [0.717, 1.165) is 81.0 Å². The number of nitrogens with zero attached hydrogens (tertiary/aromatic N) is 5. The Morgan fingerprint density at radius 2 is 1.78 bits per heavy atom. The van der Waals surface area contributed by atoms with E-state index in [1.54, 1.807) is 0 Å². The molecule has 10 nitrogen and oxygen atoms in total. The predicted molar refractivity (Wildman–Crippen MR) is 146 cm³/mol. The van der Waals surface area contributed by atoms with Crippen molar-refractivity contribution in [1.82, 2.24) is 20.9 Å². The number of hydrogen-bond donors (Lipinski definition) is 3. The van der Waals surface area contributed by atoms with Crippen LogP contribution in [-0.2, 0) is 16.0 Å². The summed E-state index contributed by atoms with van der Waals surface area (Å²) >= 11 is 1.43. The normalized spacial score (nSPS) is 21.4. The molecular weight excluding hydrogens is 488 g/mol. The highest BCUT2D eigenvalue weighted by atomic mass is 32.1. The zero-order valence-electron chi connectivity index (χ0n) is 21.0. The second-order valence-electron chi connectivity index (χ2n) is 9.97. The second kappa shape index (κ2) is 12.3. The van der Waals surface area contributed by atoms with E-state index < -0.39 is 0 Å². The number of amides is 2. The van der Waals surface area contributed by atoms with Gasteiger partial charge < -0.3 is 15.5 Å². The van der Waals surface area contributed by atoms with Gasteiger partial charge in [-0.15, -0.1) is 10.2 Å². The van der Waals surface area contributed by atoms with E-state index in [2.05, 4.69) is 36.3 Å². The maximum atomic E-state index is 12.4. The van der Waals surface area contributed by atoms with Crippen molar-refractivity contribution in [2.75, 3.05) is 23.3 Å². The first-order valence-corrected chi connectivity index (χ1v) is 14.0. The third-order valence-corrected chi connectivity index (χ3v) is 7.69. The number of anilines is 2. The van der Waals surface area contributed by atoms with Gasteiger partial charge in [0.05, 0.1) is 12.5 Å². The Kier molecular flexibility index (Phi) is 8.39. The summed E-state index contributed by atoms with van der Waals surface area (Å²) in [6, 6.07) is 9.93. The number of amidine groups is 2. The van der Waals surface area contributed by atoms with Crippen LogP contribution in [0.15, 0.2) is 40.4 Å². The van der Waals surface area contributed by atoms with Crippen LogP contribution in [0.25, 0.3) is 0 Å². The highest BCUT2D eigenvalue weighted by Gasteiger charge is 2.26. The van der Waals surface area contributed by atoms with Crippen molar-refractivity contribution >= 4 is 45.1 Å². The Hall–Kier alpha value is -3.34. The van der Waals surface area contributed by atoms with Gasteiger partial charge in [-0.2, -0.15) is 5.10 Å². The second-order valence-corrected chi connectivity index (χ2v) is 10.9. The van der Waals surface area contributed by atoms with Gasteiger partial charge in [-0.25, -0.2) is 0 Å². The average Bonchev–Trinajstić information content (AvgIpc) is 3.58. The van der Waals surface area contributed by atoms with E-state index >= 15 is 0 Å². The number of aliphatic imine (C=N–C) groups is 1. The van der Waals surface area contributed by atoms with Gasteiger partial charge in [0.25, 0.3) is 0 Å². The quantitative estimate of drug-likeness (QED) is 0.512. The molecule has 1 aromatic heterocycles. The summed E-state index contributed by atoms with van der Waals surface area (Å²) in [5.41, 5.74) is 4.10. The lowest BCUT2D eigenvalue weighted by molar-refractivity contribution is -0.119. The number of rotatable bonds is 7. The minimum atomic E-state index is -0.0551. The first kappa shape index (κ1) is 25.3. The number of hydrogen-bond acceptors (Lipinski definition) is 8. The molecule has 0 unspecified atom stereocenters. The van der Waals surface area contributed by atoms with Gasteiger partial charge in [-0.1, -0.05) is 41.7 Å². The highest BCUT2D eigenvalue weighted by Crippen LogP contribution is 2.33.